The zero-order valence-electron chi connectivity index (χ0n) is 17.2. The summed E-state index contributed by atoms with van der Waals surface area (Å²) in [6, 6.07) is 29.6. The van der Waals surface area contributed by atoms with Crippen molar-refractivity contribution in [3.8, 4) is 0 Å². The van der Waals surface area contributed by atoms with Crippen molar-refractivity contribution in [2.75, 3.05) is 10.8 Å². The van der Waals surface area contributed by atoms with E-state index in [0.29, 0.717) is 11.4 Å². The molecule has 1 unspecified atom stereocenters. The lowest BCUT2D eigenvalue weighted by molar-refractivity contribution is 0.549. The summed E-state index contributed by atoms with van der Waals surface area (Å²) in [6.07, 6.45) is 0.741. The molecule has 1 aromatic heterocycles. The van der Waals surface area contributed by atoms with Crippen molar-refractivity contribution in [1.82, 2.24) is 0 Å². The highest BCUT2D eigenvalue weighted by molar-refractivity contribution is 7.92. The van der Waals surface area contributed by atoms with E-state index in [0.717, 1.165) is 23.2 Å². The predicted octanol–water partition coefficient (Wildman–Crippen LogP) is 5.79. The van der Waals surface area contributed by atoms with Crippen LogP contribution in [-0.4, -0.2) is 15.0 Å². The molecule has 5 heteroatoms. The number of anilines is 1. The van der Waals surface area contributed by atoms with Crippen LogP contribution in [0.2, 0.25) is 0 Å². The van der Waals surface area contributed by atoms with Crippen molar-refractivity contribution in [2.24, 2.45) is 0 Å². The molecule has 156 valence electrons. The third kappa shape index (κ3) is 3.38. The molecule has 1 atom stereocenters. The summed E-state index contributed by atoms with van der Waals surface area (Å²) >= 11 is 1.69. The fourth-order valence-electron chi connectivity index (χ4n) is 4.51. The molecular weight excluding hydrogens is 422 g/mol. The Morgan fingerprint density at radius 1 is 0.871 bits per heavy atom. The number of hydrogen-bond donors (Lipinski definition) is 0. The van der Waals surface area contributed by atoms with Crippen LogP contribution in [0.25, 0.3) is 0 Å². The third-order valence-electron chi connectivity index (χ3n) is 6.05. The summed E-state index contributed by atoms with van der Waals surface area (Å²) in [5.41, 5.74) is 3.65. The van der Waals surface area contributed by atoms with Gasteiger partial charge in [-0.1, -0.05) is 72.3 Å². The zero-order valence-corrected chi connectivity index (χ0v) is 18.9. The highest BCUT2D eigenvalue weighted by Crippen LogP contribution is 2.50. The summed E-state index contributed by atoms with van der Waals surface area (Å²) in [4.78, 5) is 1.51. The normalized spacial score (nSPS) is 18.2. The molecular formula is C26H23NO2S2. The van der Waals surface area contributed by atoms with Gasteiger partial charge in [0.2, 0.25) is 0 Å². The van der Waals surface area contributed by atoms with Crippen LogP contribution < -0.4 is 4.31 Å². The van der Waals surface area contributed by atoms with Gasteiger partial charge in [-0.25, -0.2) is 8.42 Å². The molecule has 0 spiro atoms. The van der Waals surface area contributed by atoms with Gasteiger partial charge in [-0.2, -0.15) is 0 Å². The van der Waals surface area contributed by atoms with Gasteiger partial charge in [-0.05, 0) is 54.1 Å². The lowest BCUT2D eigenvalue weighted by atomic mass is 9.76. The van der Waals surface area contributed by atoms with Gasteiger partial charge in [-0.3, -0.25) is 4.31 Å². The predicted molar refractivity (Wildman–Crippen MR) is 127 cm³/mol. The fourth-order valence-corrected chi connectivity index (χ4v) is 6.98. The number of benzene rings is 3. The quantitative estimate of drug-likeness (QED) is 0.390. The summed E-state index contributed by atoms with van der Waals surface area (Å²) in [5.74, 6) is 0. The smallest absolute Gasteiger partial charge is 0.264 e. The molecule has 0 saturated carbocycles. The first-order valence-corrected chi connectivity index (χ1v) is 12.6. The van der Waals surface area contributed by atoms with E-state index in [-0.39, 0.29) is 0 Å². The Hall–Kier alpha value is -2.89. The molecule has 0 saturated heterocycles. The number of rotatable bonds is 5. The van der Waals surface area contributed by atoms with Crippen LogP contribution in [0.15, 0.2) is 101 Å². The van der Waals surface area contributed by atoms with Gasteiger partial charge < -0.3 is 0 Å². The van der Waals surface area contributed by atoms with Crippen LogP contribution in [0.3, 0.4) is 0 Å². The molecule has 1 aliphatic rings. The summed E-state index contributed by atoms with van der Waals surface area (Å²) < 4.78 is 29.1. The van der Waals surface area contributed by atoms with E-state index in [1.165, 1.54) is 10.4 Å². The van der Waals surface area contributed by atoms with Crippen molar-refractivity contribution >= 4 is 27.0 Å². The molecule has 0 radical (unpaired) electrons. The molecule has 31 heavy (non-hydrogen) atoms. The SMILES string of the molecule is Cc1ccc(S(=O)(=O)N2CC(Cc3ccccc3)(c3cccs3)c3ccccc32)cc1. The number of hydrogen-bond acceptors (Lipinski definition) is 3. The Labute approximate surface area is 187 Å². The first kappa shape index (κ1) is 20.0. The van der Waals surface area contributed by atoms with E-state index in [1.54, 1.807) is 27.8 Å². The van der Waals surface area contributed by atoms with Crippen LogP contribution in [0.5, 0.6) is 0 Å². The van der Waals surface area contributed by atoms with Crippen LogP contribution in [0.4, 0.5) is 5.69 Å². The Morgan fingerprint density at radius 3 is 2.29 bits per heavy atom. The van der Waals surface area contributed by atoms with Gasteiger partial charge in [0.15, 0.2) is 0 Å². The van der Waals surface area contributed by atoms with E-state index in [2.05, 4.69) is 29.6 Å². The first-order valence-electron chi connectivity index (χ1n) is 10.3. The van der Waals surface area contributed by atoms with Gasteiger partial charge in [0, 0.05) is 11.4 Å². The second kappa shape index (κ2) is 7.66. The monoisotopic (exact) mass is 445 g/mol. The zero-order chi connectivity index (χ0) is 21.5. The third-order valence-corrected chi connectivity index (χ3v) is 8.90. The molecule has 3 aromatic carbocycles. The second-order valence-electron chi connectivity index (χ2n) is 8.06. The average Bonchev–Trinajstić information content (AvgIpc) is 3.43. The Balaban J connectivity index is 1.68. The van der Waals surface area contributed by atoms with Gasteiger partial charge in [0.1, 0.15) is 0 Å². The van der Waals surface area contributed by atoms with Crippen molar-refractivity contribution in [2.45, 2.75) is 23.7 Å². The largest absolute Gasteiger partial charge is 0.265 e. The van der Waals surface area contributed by atoms with Gasteiger partial charge in [-0.15, -0.1) is 11.3 Å². The number of aryl methyl sites for hydroxylation is 1. The standard InChI is InChI=1S/C26H23NO2S2/c1-20-13-15-22(16-14-20)31(28,29)27-19-26(25-12-7-17-30-25,18-21-8-3-2-4-9-21)23-10-5-6-11-24(23)27/h2-17H,18-19H2,1H3. The molecule has 0 bridgehead atoms. The van der Waals surface area contributed by atoms with Gasteiger partial charge in [0.25, 0.3) is 10.0 Å². The summed E-state index contributed by atoms with van der Waals surface area (Å²) in [6.45, 7) is 2.35. The molecule has 2 heterocycles. The van der Waals surface area contributed by atoms with Gasteiger partial charge >= 0.3 is 0 Å². The number of para-hydroxylation sites is 1. The van der Waals surface area contributed by atoms with Crippen LogP contribution in [0.1, 0.15) is 21.6 Å². The second-order valence-corrected chi connectivity index (χ2v) is 10.9. The highest BCUT2D eigenvalue weighted by Gasteiger charge is 2.48. The minimum atomic E-state index is -3.69. The first-order chi connectivity index (χ1) is 15.0. The molecule has 5 rings (SSSR count). The van der Waals surface area contributed by atoms with Gasteiger partial charge in [0.05, 0.1) is 16.0 Å². The summed E-state index contributed by atoms with van der Waals surface area (Å²) in [5, 5.41) is 2.07. The minimum absolute atomic E-state index is 0.328. The molecule has 1 aliphatic heterocycles. The molecule has 4 aromatic rings. The fraction of sp³-hybridized carbons (Fsp3) is 0.154. The Kier molecular flexibility index (Phi) is 4.95. The lowest BCUT2D eigenvalue weighted by Crippen LogP contribution is -2.39. The van der Waals surface area contributed by atoms with Crippen LogP contribution in [-0.2, 0) is 21.9 Å². The maximum Gasteiger partial charge on any atom is 0.264 e. The highest BCUT2D eigenvalue weighted by atomic mass is 32.2. The van der Waals surface area contributed by atoms with E-state index in [9.17, 15) is 8.42 Å². The maximum atomic E-state index is 13.7. The Bertz CT molecular complexity index is 1300. The van der Waals surface area contributed by atoms with Crippen molar-refractivity contribution in [1.29, 1.82) is 0 Å². The number of sulfonamides is 1. The van der Waals surface area contributed by atoms with Crippen molar-refractivity contribution in [3.05, 3.63) is 118 Å². The number of thiophene rings is 1. The van der Waals surface area contributed by atoms with E-state index in [4.69, 9.17) is 0 Å². The number of nitrogens with zero attached hydrogens (tertiary/aromatic N) is 1. The summed E-state index contributed by atoms with van der Waals surface area (Å²) in [7, 11) is -3.69. The van der Waals surface area contributed by atoms with Crippen molar-refractivity contribution < 1.29 is 8.42 Å². The van der Waals surface area contributed by atoms with Crippen LogP contribution >= 0.6 is 11.3 Å². The number of fused-ring (bicyclic) bond motifs is 1. The van der Waals surface area contributed by atoms with Crippen LogP contribution in [0, 0.1) is 6.92 Å². The molecule has 0 amide bonds. The topological polar surface area (TPSA) is 37.4 Å². The molecule has 0 fully saturated rings. The van der Waals surface area contributed by atoms with Crippen molar-refractivity contribution in [3.63, 3.8) is 0 Å². The maximum absolute atomic E-state index is 13.7. The molecule has 3 nitrogen and oxygen atoms in total. The molecule has 0 aliphatic carbocycles. The lowest BCUT2D eigenvalue weighted by Gasteiger charge is -2.30. The molecule has 0 N–H and O–H groups in total. The van der Waals surface area contributed by atoms with E-state index >= 15 is 0 Å². The minimum Gasteiger partial charge on any atom is -0.265 e. The van der Waals surface area contributed by atoms with E-state index < -0.39 is 15.4 Å². The average molecular weight is 446 g/mol. The van der Waals surface area contributed by atoms with E-state index in [1.807, 2.05) is 61.5 Å². The Morgan fingerprint density at radius 2 is 1.58 bits per heavy atom.